The number of hydrogen-bond donors (Lipinski definition) is 1. The van der Waals surface area contributed by atoms with E-state index in [-0.39, 0.29) is 17.9 Å². The van der Waals surface area contributed by atoms with Crippen LogP contribution in [-0.4, -0.2) is 42.9 Å². The van der Waals surface area contributed by atoms with E-state index in [9.17, 15) is 4.79 Å². The average molecular weight is 431 g/mol. The molecule has 5 rings (SSSR count). The fraction of sp³-hybridized carbons (Fsp3) is 0.333. The van der Waals surface area contributed by atoms with Crippen molar-refractivity contribution in [2.75, 3.05) is 6.54 Å². The predicted molar refractivity (Wildman–Crippen MR) is 121 cm³/mol. The molecule has 1 aliphatic rings. The molecule has 0 saturated carbocycles. The number of fused-ring (bicyclic) bond motifs is 1. The lowest BCUT2D eigenvalue weighted by atomic mass is 10.0. The molecule has 2 atom stereocenters. The van der Waals surface area contributed by atoms with Crippen LogP contribution in [0.25, 0.3) is 22.2 Å². The summed E-state index contributed by atoms with van der Waals surface area (Å²) in [6, 6.07) is 10.4. The van der Waals surface area contributed by atoms with E-state index in [1.165, 1.54) is 5.56 Å². The van der Waals surface area contributed by atoms with Crippen LogP contribution in [0.4, 0.5) is 0 Å². The first-order valence-corrected chi connectivity index (χ1v) is 10.8. The summed E-state index contributed by atoms with van der Waals surface area (Å²) in [7, 11) is 1.89. The lowest BCUT2D eigenvalue weighted by Crippen LogP contribution is -2.26. The molecule has 0 radical (unpaired) electrons. The third-order valence-electron chi connectivity index (χ3n) is 6.08. The highest BCUT2D eigenvalue weighted by Crippen LogP contribution is 2.31. The molecule has 0 spiro atoms. The minimum absolute atomic E-state index is 0.0738. The highest BCUT2D eigenvalue weighted by Gasteiger charge is 2.29. The van der Waals surface area contributed by atoms with E-state index in [4.69, 9.17) is 9.72 Å². The van der Waals surface area contributed by atoms with E-state index in [1.54, 1.807) is 4.68 Å². The van der Waals surface area contributed by atoms with E-state index in [1.807, 2.05) is 45.6 Å². The molecule has 0 bridgehead atoms. The summed E-state index contributed by atoms with van der Waals surface area (Å²) in [5, 5.41) is 8.32. The number of nitrogens with one attached hydrogen (secondary N) is 1. The molecule has 1 aromatic carbocycles. The number of amides is 1. The maximum Gasteiger partial charge on any atom is 0.225 e. The van der Waals surface area contributed by atoms with Crippen molar-refractivity contribution < 1.29 is 9.53 Å². The fourth-order valence-electron chi connectivity index (χ4n) is 4.13. The monoisotopic (exact) mass is 430 g/mol. The fourth-order valence-corrected chi connectivity index (χ4v) is 4.13. The van der Waals surface area contributed by atoms with Gasteiger partial charge in [0, 0.05) is 56.6 Å². The van der Waals surface area contributed by atoms with Crippen LogP contribution in [0.5, 0.6) is 5.88 Å². The van der Waals surface area contributed by atoms with Crippen LogP contribution in [0.1, 0.15) is 24.7 Å². The molecule has 1 fully saturated rings. The minimum Gasteiger partial charge on any atom is -0.474 e. The zero-order valence-electron chi connectivity index (χ0n) is 18.4. The van der Waals surface area contributed by atoms with E-state index in [0.717, 1.165) is 34.5 Å². The Morgan fingerprint density at radius 2 is 2.09 bits per heavy atom. The summed E-state index contributed by atoms with van der Waals surface area (Å²) < 4.78 is 10.2. The third kappa shape index (κ3) is 3.95. The predicted octanol–water partition coefficient (Wildman–Crippen LogP) is 3.09. The first kappa shape index (κ1) is 20.2. The topological polar surface area (TPSA) is 86.9 Å². The third-order valence-corrected chi connectivity index (χ3v) is 6.08. The molecule has 1 saturated heterocycles. The average Bonchev–Trinajstić information content (AvgIpc) is 3.48. The van der Waals surface area contributed by atoms with Crippen molar-refractivity contribution in [3.8, 4) is 17.1 Å². The number of benzene rings is 1. The molecule has 8 heteroatoms. The number of carbonyl (C=O) groups excluding carboxylic acids is 1. The maximum absolute atomic E-state index is 11.6. The normalized spacial score (nSPS) is 17.0. The highest BCUT2D eigenvalue weighted by molar-refractivity contribution is 5.86. The van der Waals surface area contributed by atoms with Crippen molar-refractivity contribution in [2.45, 2.75) is 32.9 Å². The van der Waals surface area contributed by atoms with Crippen molar-refractivity contribution in [1.29, 1.82) is 0 Å². The van der Waals surface area contributed by atoms with Gasteiger partial charge in [0.05, 0.1) is 16.6 Å². The Hall–Kier alpha value is -3.68. The smallest absolute Gasteiger partial charge is 0.225 e. The van der Waals surface area contributed by atoms with Crippen molar-refractivity contribution in [3.05, 3.63) is 60.3 Å². The SMILES string of the molecule is Cc1nccn1Cc1ccc(-c2cc3nn(C)cc3c(O[C@H](C)[C@H]3CNC(=O)C3)n2)cc1. The minimum atomic E-state index is -0.138. The molecular weight excluding hydrogens is 404 g/mol. The number of carbonyl (C=O) groups is 1. The van der Waals surface area contributed by atoms with Crippen LogP contribution < -0.4 is 10.1 Å². The second-order valence-electron chi connectivity index (χ2n) is 8.44. The summed E-state index contributed by atoms with van der Waals surface area (Å²) in [4.78, 5) is 20.7. The Kier molecular flexibility index (Phi) is 5.13. The van der Waals surface area contributed by atoms with Gasteiger partial charge < -0.3 is 14.6 Å². The highest BCUT2D eigenvalue weighted by atomic mass is 16.5. The molecule has 1 aliphatic heterocycles. The largest absolute Gasteiger partial charge is 0.474 e. The van der Waals surface area contributed by atoms with Gasteiger partial charge in [0.1, 0.15) is 11.9 Å². The Morgan fingerprint density at radius 3 is 2.78 bits per heavy atom. The summed E-state index contributed by atoms with van der Waals surface area (Å²) in [5.74, 6) is 1.75. The van der Waals surface area contributed by atoms with E-state index < -0.39 is 0 Å². The van der Waals surface area contributed by atoms with Gasteiger partial charge in [-0.2, -0.15) is 5.10 Å². The summed E-state index contributed by atoms with van der Waals surface area (Å²) in [6.07, 6.45) is 6.06. The van der Waals surface area contributed by atoms with Gasteiger partial charge in [-0.25, -0.2) is 9.97 Å². The van der Waals surface area contributed by atoms with Crippen LogP contribution in [0.15, 0.2) is 48.9 Å². The van der Waals surface area contributed by atoms with Gasteiger partial charge in [-0.1, -0.05) is 24.3 Å². The number of pyridine rings is 1. The van der Waals surface area contributed by atoms with Gasteiger partial charge in [-0.15, -0.1) is 0 Å². The van der Waals surface area contributed by atoms with Gasteiger partial charge in [0.2, 0.25) is 11.8 Å². The summed E-state index contributed by atoms with van der Waals surface area (Å²) >= 11 is 0. The molecule has 3 aromatic heterocycles. The van der Waals surface area contributed by atoms with E-state index in [0.29, 0.717) is 18.8 Å². The molecule has 8 nitrogen and oxygen atoms in total. The first-order chi connectivity index (χ1) is 15.5. The first-order valence-electron chi connectivity index (χ1n) is 10.8. The van der Waals surface area contributed by atoms with Crippen LogP contribution in [-0.2, 0) is 18.4 Å². The lowest BCUT2D eigenvalue weighted by molar-refractivity contribution is -0.119. The van der Waals surface area contributed by atoms with Crippen LogP contribution in [0.2, 0.25) is 0 Å². The van der Waals surface area contributed by atoms with Crippen molar-refractivity contribution in [2.24, 2.45) is 13.0 Å². The standard InChI is InChI=1S/C24H26N6O2/c1-15(19-10-23(31)26-12-19)32-24-20-14-29(3)28-22(20)11-21(27-24)18-6-4-17(5-7-18)13-30-9-8-25-16(30)2/h4-9,11,14-15,19H,10,12-13H2,1-3H3,(H,26,31)/t15-,19-/m1/s1. The van der Waals surface area contributed by atoms with Crippen molar-refractivity contribution in [3.63, 3.8) is 0 Å². The van der Waals surface area contributed by atoms with Gasteiger partial charge in [-0.05, 0) is 25.5 Å². The van der Waals surface area contributed by atoms with Crippen LogP contribution in [0.3, 0.4) is 0 Å². The zero-order chi connectivity index (χ0) is 22.2. The second kappa shape index (κ2) is 8.11. The Balaban J connectivity index is 1.43. The number of aromatic nitrogens is 5. The van der Waals surface area contributed by atoms with Crippen LogP contribution >= 0.6 is 0 Å². The molecule has 4 heterocycles. The molecular formula is C24H26N6O2. The molecule has 164 valence electrons. The van der Waals surface area contributed by atoms with Crippen LogP contribution in [0, 0.1) is 12.8 Å². The van der Waals surface area contributed by atoms with Crippen molar-refractivity contribution in [1.82, 2.24) is 29.6 Å². The lowest BCUT2D eigenvalue weighted by Gasteiger charge is -2.19. The number of imidazole rings is 1. The summed E-state index contributed by atoms with van der Waals surface area (Å²) in [6.45, 7) is 5.40. The molecule has 32 heavy (non-hydrogen) atoms. The molecule has 0 aliphatic carbocycles. The Labute approximate surface area is 186 Å². The molecule has 4 aromatic rings. The van der Waals surface area contributed by atoms with Gasteiger partial charge >= 0.3 is 0 Å². The zero-order valence-corrected chi connectivity index (χ0v) is 18.4. The number of aryl methyl sites for hydroxylation is 2. The second-order valence-corrected chi connectivity index (χ2v) is 8.44. The number of rotatable bonds is 6. The van der Waals surface area contributed by atoms with Gasteiger partial charge in [0.15, 0.2) is 0 Å². The number of hydrogen-bond acceptors (Lipinski definition) is 5. The quantitative estimate of drug-likeness (QED) is 0.508. The number of nitrogens with zero attached hydrogens (tertiary/aromatic N) is 5. The molecule has 0 unspecified atom stereocenters. The maximum atomic E-state index is 11.6. The van der Waals surface area contributed by atoms with Gasteiger partial charge in [0.25, 0.3) is 0 Å². The van der Waals surface area contributed by atoms with E-state index >= 15 is 0 Å². The van der Waals surface area contributed by atoms with Gasteiger partial charge in [-0.3, -0.25) is 9.48 Å². The Morgan fingerprint density at radius 1 is 1.28 bits per heavy atom. The van der Waals surface area contributed by atoms with E-state index in [2.05, 4.69) is 44.2 Å². The van der Waals surface area contributed by atoms with Crippen molar-refractivity contribution >= 4 is 16.8 Å². The molecule has 1 amide bonds. The number of ether oxygens (including phenoxy) is 1. The Bertz CT molecular complexity index is 1270. The summed E-state index contributed by atoms with van der Waals surface area (Å²) in [5.41, 5.74) is 3.83. The molecule has 1 N–H and O–H groups in total.